The monoisotopic (exact) mass is 346 g/mol. The van der Waals surface area contributed by atoms with Gasteiger partial charge in [-0.05, 0) is 57.1 Å². The first-order valence-corrected chi connectivity index (χ1v) is 5.14. The summed E-state index contributed by atoms with van der Waals surface area (Å²) in [5.74, 6) is 0. The molecule has 0 saturated heterocycles. The summed E-state index contributed by atoms with van der Waals surface area (Å²) < 4.78 is 26.2. The average molecular weight is 347 g/mol. The molecule has 0 nitrogen and oxygen atoms in total. The Bertz CT molecular complexity index is 299. The normalized spacial score (nSPS) is 10.8. The maximum Gasteiger partial charge on any atom is 0.265 e. The van der Waals surface area contributed by atoms with E-state index in [0.29, 0.717) is 10.0 Å². The molecule has 0 aliphatic heterocycles. The molecule has 0 unspecified atom stereocenters. The van der Waals surface area contributed by atoms with Gasteiger partial charge in [-0.3, -0.25) is 0 Å². The van der Waals surface area contributed by atoms with E-state index in [1.807, 2.05) is 28.7 Å². The molecule has 1 aromatic carbocycles. The highest BCUT2D eigenvalue weighted by Crippen LogP contribution is 2.33. The number of rotatable bonds is 1. The number of hydrogen-bond acceptors (Lipinski definition) is 0. The van der Waals surface area contributed by atoms with Gasteiger partial charge in [-0.25, -0.2) is 8.78 Å². The Hall–Kier alpha value is 0.290. The van der Waals surface area contributed by atoms with Crippen molar-refractivity contribution in [3.05, 3.63) is 31.3 Å². The van der Waals surface area contributed by atoms with E-state index in [0.717, 1.165) is 3.57 Å². The van der Waals surface area contributed by atoms with E-state index >= 15 is 0 Å². The number of halogens is 4. The van der Waals surface area contributed by atoms with Crippen LogP contribution in [0.25, 0.3) is 0 Å². The molecular formula is C8H6BrF2I. The Morgan fingerprint density at radius 3 is 2.42 bits per heavy atom. The van der Waals surface area contributed by atoms with Crippen LogP contribution in [0.4, 0.5) is 8.78 Å². The topological polar surface area (TPSA) is 0 Å². The van der Waals surface area contributed by atoms with Gasteiger partial charge < -0.3 is 0 Å². The summed E-state index contributed by atoms with van der Waals surface area (Å²) >= 11 is 5.16. The second-order valence-corrected chi connectivity index (χ2v) is 4.35. The van der Waals surface area contributed by atoms with Crippen LogP contribution in [0, 0.1) is 10.5 Å². The summed E-state index contributed by atoms with van der Waals surface area (Å²) in [6, 6.07) is 3.51. The lowest BCUT2D eigenvalue weighted by Crippen LogP contribution is -1.93. The zero-order valence-electron chi connectivity index (χ0n) is 6.24. The van der Waals surface area contributed by atoms with E-state index in [1.165, 1.54) is 0 Å². The maximum absolute atomic E-state index is 12.4. The minimum atomic E-state index is -2.41. The van der Waals surface area contributed by atoms with Crippen molar-refractivity contribution in [2.24, 2.45) is 0 Å². The molecule has 0 N–H and O–H groups in total. The van der Waals surface area contributed by atoms with E-state index in [4.69, 9.17) is 0 Å². The fourth-order valence-electron chi connectivity index (χ4n) is 0.931. The summed E-state index contributed by atoms with van der Waals surface area (Å²) in [6.45, 7) is 1.68. The summed E-state index contributed by atoms with van der Waals surface area (Å²) in [6.07, 6.45) is -2.41. The molecule has 1 rings (SSSR count). The molecule has 0 heterocycles. The maximum atomic E-state index is 12.4. The Balaban J connectivity index is 3.33. The fraction of sp³-hybridized carbons (Fsp3) is 0.250. The Morgan fingerprint density at radius 1 is 1.42 bits per heavy atom. The van der Waals surface area contributed by atoms with Crippen LogP contribution in [-0.2, 0) is 0 Å². The summed E-state index contributed by atoms with van der Waals surface area (Å²) in [5, 5.41) is 0. The third-order valence-corrected chi connectivity index (χ3v) is 4.06. The van der Waals surface area contributed by atoms with Gasteiger partial charge in [0.05, 0.1) is 0 Å². The molecule has 0 saturated carbocycles. The molecule has 0 aliphatic rings. The first-order chi connectivity index (χ1) is 5.54. The molecule has 0 spiro atoms. The molecule has 0 fully saturated rings. The van der Waals surface area contributed by atoms with Crippen molar-refractivity contribution in [3.8, 4) is 0 Å². The molecule has 0 amide bonds. The highest BCUT2D eigenvalue weighted by atomic mass is 127. The first kappa shape index (κ1) is 10.4. The molecule has 0 radical (unpaired) electrons. The van der Waals surface area contributed by atoms with Crippen LogP contribution >= 0.6 is 38.5 Å². The van der Waals surface area contributed by atoms with Crippen LogP contribution in [0.15, 0.2) is 16.6 Å². The molecular weight excluding hydrogens is 341 g/mol. The predicted molar refractivity (Wildman–Crippen MR) is 56.6 cm³/mol. The molecule has 12 heavy (non-hydrogen) atoms. The first-order valence-electron chi connectivity index (χ1n) is 3.26. The average Bonchev–Trinajstić information content (AvgIpc) is 1.97. The van der Waals surface area contributed by atoms with Crippen molar-refractivity contribution in [2.45, 2.75) is 13.3 Å². The standard InChI is InChI=1S/C8H6BrF2I/c1-4-2-3-5(12)7(9)6(4)8(10)11/h2-3,8H,1H3. The molecule has 66 valence electrons. The van der Waals surface area contributed by atoms with Crippen molar-refractivity contribution in [3.63, 3.8) is 0 Å². The third kappa shape index (κ3) is 1.96. The van der Waals surface area contributed by atoms with Gasteiger partial charge >= 0.3 is 0 Å². The van der Waals surface area contributed by atoms with Gasteiger partial charge in [0.1, 0.15) is 0 Å². The second kappa shape index (κ2) is 4.00. The number of hydrogen-bond donors (Lipinski definition) is 0. The van der Waals surface area contributed by atoms with Crippen LogP contribution in [0.2, 0.25) is 0 Å². The van der Waals surface area contributed by atoms with Gasteiger partial charge in [0.25, 0.3) is 6.43 Å². The van der Waals surface area contributed by atoms with E-state index in [9.17, 15) is 8.78 Å². The van der Waals surface area contributed by atoms with E-state index in [1.54, 1.807) is 13.0 Å². The molecule has 0 atom stereocenters. The Kier molecular flexibility index (Phi) is 3.46. The predicted octanol–water partition coefficient (Wildman–Crippen LogP) is 4.30. The molecule has 1 aromatic rings. The molecule has 0 aromatic heterocycles. The molecule has 0 bridgehead atoms. The third-order valence-electron chi connectivity index (χ3n) is 1.57. The molecule has 4 heteroatoms. The fourth-order valence-corrected chi connectivity index (χ4v) is 2.02. The number of aryl methyl sites for hydroxylation is 1. The zero-order chi connectivity index (χ0) is 9.30. The van der Waals surface area contributed by atoms with Gasteiger partial charge in [-0.15, -0.1) is 0 Å². The van der Waals surface area contributed by atoms with Crippen LogP contribution in [-0.4, -0.2) is 0 Å². The lowest BCUT2D eigenvalue weighted by Gasteiger charge is -2.08. The van der Waals surface area contributed by atoms with Crippen molar-refractivity contribution >= 4 is 38.5 Å². The van der Waals surface area contributed by atoms with Gasteiger partial charge in [0.15, 0.2) is 0 Å². The highest BCUT2D eigenvalue weighted by Gasteiger charge is 2.15. The Labute approximate surface area is 91.6 Å². The van der Waals surface area contributed by atoms with Crippen molar-refractivity contribution in [2.75, 3.05) is 0 Å². The smallest absolute Gasteiger partial charge is 0.205 e. The van der Waals surface area contributed by atoms with E-state index in [-0.39, 0.29) is 5.56 Å². The second-order valence-electron chi connectivity index (χ2n) is 2.39. The van der Waals surface area contributed by atoms with E-state index < -0.39 is 6.43 Å². The van der Waals surface area contributed by atoms with Gasteiger partial charge in [-0.1, -0.05) is 6.07 Å². The van der Waals surface area contributed by atoms with Crippen LogP contribution < -0.4 is 0 Å². The Morgan fingerprint density at radius 2 is 2.00 bits per heavy atom. The van der Waals surface area contributed by atoms with Crippen molar-refractivity contribution in [1.29, 1.82) is 0 Å². The van der Waals surface area contributed by atoms with Crippen LogP contribution in [0.3, 0.4) is 0 Å². The minimum absolute atomic E-state index is 0.0990. The van der Waals surface area contributed by atoms with Crippen LogP contribution in [0.1, 0.15) is 17.6 Å². The lowest BCUT2D eigenvalue weighted by atomic mass is 10.1. The zero-order valence-corrected chi connectivity index (χ0v) is 9.99. The number of alkyl halides is 2. The lowest BCUT2D eigenvalue weighted by molar-refractivity contribution is 0.149. The number of benzene rings is 1. The van der Waals surface area contributed by atoms with E-state index in [2.05, 4.69) is 15.9 Å². The van der Waals surface area contributed by atoms with Crippen LogP contribution in [0.5, 0.6) is 0 Å². The summed E-state index contributed by atoms with van der Waals surface area (Å²) in [7, 11) is 0. The minimum Gasteiger partial charge on any atom is -0.205 e. The summed E-state index contributed by atoms with van der Waals surface area (Å²) in [5.41, 5.74) is 0.721. The van der Waals surface area contributed by atoms with Gasteiger partial charge in [0.2, 0.25) is 0 Å². The summed E-state index contributed by atoms with van der Waals surface area (Å²) in [4.78, 5) is 0. The van der Waals surface area contributed by atoms with Gasteiger partial charge in [-0.2, -0.15) is 0 Å². The quantitative estimate of drug-likeness (QED) is 0.665. The SMILES string of the molecule is Cc1ccc(I)c(Br)c1C(F)F. The largest absolute Gasteiger partial charge is 0.265 e. The highest BCUT2D eigenvalue weighted by molar-refractivity contribution is 14.1. The van der Waals surface area contributed by atoms with Gasteiger partial charge in [0, 0.05) is 13.6 Å². The van der Waals surface area contributed by atoms with Crippen molar-refractivity contribution < 1.29 is 8.78 Å². The molecule has 0 aliphatic carbocycles. The van der Waals surface area contributed by atoms with Crippen molar-refractivity contribution in [1.82, 2.24) is 0 Å².